The van der Waals surface area contributed by atoms with Gasteiger partial charge in [0.15, 0.2) is 23.8 Å². The van der Waals surface area contributed by atoms with Gasteiger partial charge in [-0.25, -0.2) is 9.50 Å². The first kappa shape index (κ1) is 18.0. The largest absolute Gasteiger partial charge is 0.493 e. The van der Waals surface area contributed by atoms with E-state index in [9.17, 15) is 4.79 Å². The number of amides is 1. The average Bonchev–Trinajstić information content (AvgIpc) is 3.25. The van der Waals surface area contributed by atoms with Crippen molar-refractivity contribution in [2.75, 3.05) is 13.7 Å². The van der Waals surface area contributed by atoms with Gasteiger partial charge in [0, 0.05) is 30.3 Å². The molecule has 1 aromatic carbocycles. The lowest BCUT2D eigenvalue weighted by atomic mass is 9.99. The highest BCUT2D eigenvalue weighted by atomic mass is 16.5. The Balaban J connectivity index is 1.39. The number of aromatic nitrogens is 3. The van der Waals surface area contributed by atoms with E-state index in [1.165, 1.54) is 5.69 Å². The summed E-state index contributed by atoms with van der Waals surface area (Å²) in [5.74, 6) is 1.24. The molecule has 2 atom stereocenters. The second kappa shape index (κ2) is 6.76. The van der Waals surface area contributed by atoms with Gasteiger partial charge in [0.25, 0.3) is 5.91 Å². The van der Waals surface area contributed by atoms with E-state index in [4.69, 9.17) is 9.47 Å². The van der Waals surface area contributed by atoms with Gasteiger partial charge >= 0.3 is 0 Å². The SMILES string of the molecule is COc1cc(C)ccc1OCC(=O)N1C2CCC1c1cnc3cc(C)nn3c1C2. The Bertz CT molecular complexity index is 1110. The van der Waals surface area contributed by atoms with Gasteiger partial charge in [-0.05, 0) is 44.4 Å². The van der Waals surface area contributed by atoms with Crippen molar-refractivity contribution in [2.45, 2.75) is 45.2 Å². The Morgan fingerprint density at radius 1 is 1.21 bits per heavy atom. The summed E-state index contributed by atoms with van der Waals surface area (Å²) in [5, 5.41) is 4.61. The Kier molecular flexibility index (Phi) is 4.19. The van der Waals surface area contributed by atoms with Crippen LogP contribution in [0.1, 0.15) is 41.4 Å². The second-order valence-corrected chi connectivity index (χ2v) is 7.91. The molecule has 0 spiro atoms. The normalized spacial score (nSPS) is 20.0. The van der Waals surface area contributed by atoms with Crippen LogP contribution in [0.5, 0.6) is 11.5 Å². The quantitative estimate of drug-likeness (QED) is 0.683. The van der Waals surface area contributed by atoms with Crippen molar-refractivity contribution in [1.29, 1.82) is 0 Å². The summed E-state index contributed by atoms with van der Waals surface area (Å²) in [6.07, 6.45) is 4.65. The van der Waals surface area contributed by atoms with Crippen LogP contribution in [0.25, 0.3) is 5.65 Å². The molecule has 7 nitrogen and oxygen atoms in total. The van der Waals surface area contributed by atoms with Gasteiger partial charge in [-0.1, -0.05) is 6.07 Å². The lowest BCUT2D eigenvalue weighted by molar-refractivity contribution is -0.137. The van der Waals surface area contributed by atoms with E-state index >= 15 is 0 Å². The maximum atomic E-state index is 13.1. The van der Waals surface area contributed by atoms with Crippen molar-refractivity contribution >= 4 is 11.6 Å². The maximum Gasteiger partial charge on any atom is 0.261 e. The van der Waals surface area contributed by atoms with Crippen molar-refractivity contribution in [3.63, 3.8) is 0 Å². The highest BCUT2D eigenvalue weighted by Crippen LogP contribution is 2.43. The van der Waals surface area contributed by atoms with Crippen LogP contribution in [0.3, 0.4) is 0 Å². The number of methoxy groups -OCH3 is 1. The fourth-order valence-corrected chi connectivity index (χ4v) is 4.69. The molecule has 2 aliphatic rings. The summed E-state index contributed by atoms with van der Waals surface area (Å²) in [7, 11) is 1.61. The van der Waals surface area contributed by atoms with Crippen LogP contribution in [0.15, 0.2) is 30.5 Å². The number of ether oxygens (including phenoxy) is 2. The van der Waals surface area contributed by atoms with Gasteiger partial charge in [-0.15, -0.1) is 0 Å². The Morgan fingerprint density at radius 2 is 2.07 bits per heavy atom. The summed E-state index contributed by atoms with van der Waals surface area (Å²) in [6.45, 7) is 3.97. The number of nitrogens with zero attached hydrogens (tertiary/aromatic N) is 4. The fraction of sp³-hybridized carbons (Fsp3) is 0.409. The van der Waals surface area contributed by atoms with E-state index in [2.05, 4.69) is 10.1 Å². The van der Waals surface area contributed by atoms with Crippen LogP contribution in [-0.2, 0) is 11.2 Å². The molecule has 7 heteroatoms. The number of rotatable bonds is 4. The first-order valence-electron chi connectivity index (χ1n) is 9.98. The van der Waals surface area contributed by atoms with Crippen LogP contribution < -0.4 is 9.47 Å². The number of carbonyl (C=O) groups is 1. The molecule has 0 saturated carbocycles. The van der Waals surface area contributed by atoms with E-state index in [1.54, 1.807) is 7.11 Å². The van der Waals surface area contributed by atoms with Gasteiger partial charge < -0.3 is 14.4 Å². The molecule has 29 heavy (non-hydrogen) atoms. The third-order valence-electron chi connectivity index (χ3n) is 5.99. The van der Waals surface area contributed by atoms with Crippen LogP contribution in [-0.4, -0.2) is 45.2 Å². The zero-order valence-electron chi connectivity index (χ0n) is 16.9. The molecule has 1 saturated heterocycles. The Labute approximate surface area is 169 Å². The highest BCUT2D eigenvalue weighted by Gasteiger charge is 2.43. The summed E-state index contributed by atoms with van der Waals surface area (Å²) in [6, 6.07) is 7.92. The average molecular weight is 392 g/mol. The molecule has 5 rings (SSSR count). The molecular formula is C22H24N4O3. The molecule has 2 aromatic heterocycles. The molecule has 2 bridgehead atoms. The van der Waals surface area contributed by atoms with E-state index < -0.39 is 0 Å². The van der Waals surface area contributed by atoms with Crippen molar-refractivity contribution < 1.29 is 14.3 Å². The first-order chi connectivity index (χ1) is 14.0. The number of aryl methyl sites for hydroxylation is 2. The monoisotopic (exact) mass is 392 g/mol. The van der Waals surface area contributed by atoms with E-state index in [0.717, 1.165) is 41.7 Å². The number of hydrogen-bond acceptors (Lipinski definition) is 5. The van der Waals surface area contributed by atoms with Crippen molar-refractivity contribution in [3.8, 4) is 11.5 Å². The molecule has 4 heterocycles. The molecule has 0 aliphatic carbocycles. The topological polar surface area (TPSA) is 69.0 Å². The van der Waals surface area contributed by atoms with Gasteiger partial charge in [0.2, 0.25) is 0 Å². The first-order valence-corrected chi connectivity index (χ1v) is 9.98. The van der Waals surface area contributed by atoms with Crippen LogP contribution in [0.2, 0.25) is 0 Å². The highest BCUT2D eigenvalue weighted by molar-refractivity contribution is 5.79. The van der Waals surface area contributed by atoms with Crippen LogP contribution in [0.4, 0.5) is 0 Å². The standard InChI is InChI=1S/C22H24N4O3/c1-13-4-7-19(20(8-13)28-3)29-12-22(27)25-15-5-6-17(25)16-11-23-21-9-14(2)24-26(21)18(16)10-15/h4,7-9,11,15,17H,5-6,10,12H2,1-3H3. The molecule has 2 unspecified atom stereocenters. The molecule has 2 aliphatic heterocycles. The minimum absolute atomic E-state index is 0.00168. The number of hydrogen-bond donors (Lipinski definition) is 0. The van der Waals surface area contributed by atoms with Gasteiger partial charge in [0.1, 0.15) is 0 Å². The van der Waals surface area contributed by atoms with Gasteiger partial charge in [-0.2, -0.15) is 5.10 Å². The predicted molar refractivity (Wildman–Crippen MR) is 107 cm³/mol. The van der Waals surface area contributed by atoms with E-state index in [0.29, 0.717) is 11.5 Å². The number of carbonyl (C=O) groups excluding carboxylic acids is 1. The second-order valence-electron chi connectivity index (χ2n) is 7.91. The minimum atomic E-state index is -0.00168. The third-order valence-corrected chi connectivity index (χ3v) is 5.99. The summed E-state index contributed by atoms with van der Waals surface area (Å²) >= 11 is 0. The molecule has 0 radical (unpaired) electrons. The van der Waals surface area contributed by atoms with Crippen molar-refractivity contribution in [1.82, 2.24) is 19.5 Å². The molecule has 3 aromatic rings. The zero-order chi connectivity index (χ0) is 20.1. The number of benzene rings is 1. The fourth-order valence-electron chi connectivity index (χ4n) is 4.69. The Hall–Kier alpha value is -3.09. The molecule has 1 amide bonds. The van der Waals surface area contributed by atoms with E-state index in [-0.39, 0.29) is 24.6 Å². The smallest absolute Gasteiger partial charge is 0.261 e. The summed E-state index contributed by atoms with van der Waals surface area (Å²) in [5.41, 5.74) is 5.20. The van der Waals surface area contributed by atoms with Crippen molar-refractivity contribution in [3.05, 3.63) is 53.0 Å². The molecule has 150 valence electrons. The Morgan fingerprint density at radius 3 is 2.90 bits per heavy atom. The number of fused-ring (bicyclic) bond motifs is 6. The van der Waals surface area contributed by atoms with Crippen molar-refractivity contribution in [2.24, 2.45) is 0 Å². The molecule has 1 fully saturated rings. The lowest BCUT2D eigenvalue weighted by Gasteiger charge is -2.36. The van der Waals surface area contributed by atoms with Gasteiger partial charge in [-0.3, -0.25) is 4.79 Å². The molecular weight excluding hydrogens is 368 g/mol. The third kappa shape index (κ3) is 2.92. The van der Waals surface area contributed by atoms with E-state index in [1.807, 2.05) is 53.7 Å². The summed E-state index contributed by atoms with van der Waals surface area (Å²) < 4.78 is 13.2. The summed E-state index contributed by atoms with van der Waals surface area (Å²) in [4.78, 5) is 19.7. The zero-order valence-corrected chi connectivity index (χ0v) is 16.9. The minimum Gasteiger partial charge on any atom is -0.493 e. The van der Waals surface area contributed by atoms with Crippen LogP contribution in [0, 0.1) is 13.8 Å². The lowest BCUT2D eigenvalue weighted by Crippen LogP contribution is -2.44. The maximum absolute atomic E-state index is 13.1. The van der Waals surface area contributed by atoms with Crippen LogP contribution >= 0.6 is 0 Å². The predicted octanol–water partition coefficient (Wildman–Crippen LogP) is 3.02. The molecule has 0 N–H and O–H groups in total. The van der Waals surface area contributed by atoms with Gasteiger partial charge in [0.05, 0.1) is 24.5 Å².